The summed E-state index contributed by atoms with van der Waals surface area (Å²) in [5, 5.41) is 1.06. The molecule has 0 spiro atoms. The zero-order chi connectivity index (χ0) is 19.5. The summed E-state index contributed by atoms with van der Waals surface area (Å²) in [5.74, 6) is 1.23. The van der Waals surface area contributed by atoms with E-state index < -0.39 is 0 Å². The van der Waals surface area contributed by atoms with E-state index in [4.69, 9.17) is 15.5 Å². The lowest BCUT2D eigenvalue weighted by molar-refractivity contribution is -0.131. The number of anilines is 1. The maximum absolute atomic E-state index is 12.7. The van der Waals surface area contributed by atoms with Gasteiger partial charge in [-0.2, -0.15) is 0 Å². The van der Waals surface area contributed by atoms with Crippen molar-refractivity contribution in [3.8, 4) is 5.75 Å². The molecule has 5 heteroatoms. The normalized spacial score (nSPS) is 15.0. The Morgan fingerprint density at radius 3 is 2.71 bits per heavy atom. The van der Waals surface area contributed by atoms with Crippen molar-refractivity contribution in [1.29, 1.82) is 0 Å². The molecule has 3 aromatic rings. The van der Waals surface area contributed by atoms with Gasteiger partial charge < -0.3 is 15.4 Å². The summed E-state index contributed by atoms with van der Waals surface area (Å²) in [6.45, 7) is 1.48. The number of likely N-dealkylation sites (tertiary alicyclic amines) is 1. The minimum atomic E-state index is 0.158. The number of carbonyl (C=O) groups excluding carboxylic acids is 1. The lowest BCUT2D eigenvalue weighted by Gasteiger charge is -2.32. The third kappa shape index (κ3) is 3.79. The van der Waals surface area contributed by atoms with E-state index in [0.717, 1.165) is 59.5 Å². The summed E-state index contributed by atoms with van der Waals surface area (Å²) in [4.78, 5) is 19.5. The largest absolute Gasteiger partial charge is 0.497 e. The molecule has 28 heavy (non-hydrogen) atoms. The number of piperidine rings is 1. The maximum atomic E-state index is 12.7. The maximum Gasteiger partial charge on any atom is 0.226 e. The number of aromatic nitrogens is 1. The summed E-state index contributed by atoms with van der Waals surface area (Å²) in [5.41, 5.74) is 9.96. The van der Waals surface area contributed by atoms with Gasteiger partial charge in [0.2, 0.25) is 5.91 Å². The van der Waals surface area contributed by atoms with E-state index in [2.05, 4.69) is 0 Å². The smallest absolute Gasteiger partial charge is 0.226 e. The number of pyridine rings is 1. The number of nitrogen functional groups attached to an aromatic ring is 1. The predicted octanol–water partition coefficient (Wildman–Crippen LogP) is 3.77. The number of nitrogens with zero attached hydrogens (tertiary/aromatic N) is 2. The highest BCUT2D eigenvalue weighted by Gasteiger charge is 2.26. The van der Waals surface area contributed by atoms with Crippen molar-refractivity contribution in [3.05, 3.63) is 65.9 Å². The number of nitrogens with two attached hydrogens (primary N) is 1. The molecular formula is C23H25N3O2. The molecule has 0 saturated carbocycles. The van der Waals surface area contributed by atoms with Crippen LogP contribution in [0.25, 0.3) is 10.9 Å². The summed E-state index contributed by atoms with van der Waals surface area (Å²) in [6.07, 6.45) is 2.18. The molecule has 144 valence electrons. The van der Waals surface area contributed by atoms with Crippen LogP contribution in [0.4, 0.5) is 5.69 Å². The lowest BCUT2D eigenvalue weighted by atomic mass is 9.91. The quantitative estimate of drug-likeness (QED) is 0.754. The van der Waals surface area contributed by atoms with Crippen molar-refractivity contribution < 1.29 is 9.53 Å². The number of amides is 1. The van der Waals surface area contributed by atoms with Gasteiger partial charge in [-0.05, 0) is 42.7 Å². The minimum absolute atomic E-state index is 0.158. The Kier molecular flexibility index (Phi) is 5.15. The SMILES string of the molecule is COc1cccc(CC(=O)N2CCC(c3nc4ccccc4cc3N)CC2)c1. The molecule has 4 rings (SSSR count). The van der Waals surface area contributed by atoms with Crippen LogP contribution in [0.15, 0.2) is 54.6 Å². The van der Waals surface area contributed by atoms with E-state index in [1.165, 1.54) is 0 Å². The first-order valence-corrected chi connectivity index (χ1v) is 9.70. The average Bonchev–Trinajstić information content (AvgIpc) is 2.73. The molecule has 2 aromatic carbocycles. The molecule has 1 amide bonds. The van der Waals surface area contributed by atoms with Crippen molar-refractivity contribution in [2.75, 3.05) is 25.9 Å². The highest BCUT2D eigenvalue weighted by atomic mass is 16.5. The van der Waals surface area contributed by atoms with Crippen molar-refractivity contribution in [3.63, 3.8) is 0 Å². The second-order valence-electron chi connectivity index (χ2n) is 7.34. The van der Waals surface area contributed by atoms with Crippen LogP contribution in [0.3, 0.4) is 0 Å². The van der Waals surface area contributed by atoms with Crippen LogP contribution in [0.2, 0.25) is 0 Å². The van der Waals surface area contributed by atoms with E-state index in [-0.39, 0.29) is 5.91 Å². The first-order valence-electron chi connectivity index (χ1n) is 9.70. The number of rotatable bonds is 4. The van der Waals surface area contributed by atoms with Crippen molar-refractivity contribution >= 4 is 22.5 Å². The Balaban J connectivity index is 1.41. The number of fused-ring (bicyclic) bond motifs is 1. The molecule has 1 aliphatic rings. The summed E-state index contributed by atoms with van der Waals surface area (Å²) < 4.78 is 5.24. The summed E-state index contributed by atoms with van der Waals surface area (Å²) in [7, 11) is 1.64. The summed E-state index contributed by atoms with van der Waals surface area (Å²) >= 11 is 0. The molecule has 1 fully saturated rings. The fourth-order valence-electron chi connectivity index (χ4n) is 3.95. The molecule has 2 N–H and O–H groups in total. The van der Waals surface area contributed by atoms with Gasteiger partial charge in [-0.1, -0.05) is 30.3 Å². The van der Waals surface area contributed by atoms with E-state index in [1.807, 2.05) is 59.5 Å². The number of methoxy groups -OCH3 is 1. The van der Waals surface area contributed by atoms with E-state index >= 15 is 0 Å². The third-order valence-corrected chi connectivity index (χ3v) is 5.51. The van der Waals surface area contributed by atoms with E-state index in [1.54, 1.807) is 7.11 Å². The van der Waals surface area contributed by atoms with Crippen molar-refractivity contribution in [1.82, 2.24) is 9.88 Å². The zero-order valence-corrected chi connectivity index (χ0v) is 16.1. The molecule has 0 bridgehead atoms. The van der Waals surface area contributed by atoms with Crippen LogP contribution < -0.4 is 10.5 Å². The van der Waals surface area contributed by atoms with Crippen LogP contribution in [-0.4, -0.2) is 36.0 Å². The Morgan fingerprint density at radius 2 is 1.93 bits per heavy atom. The second kappa shape index (κ2) is 7.89. The third-order valence-electron chi connectivity index (χ3n) is 5.51. The first kappa shape index (κ1) is 18.3. The highest BCUT2D eigenvalue weighted by Crippen LogP contribution is 2.32. The summed E-state index contributed by atoms with van der Waals surface area (Å²) in [6, 6.07) is 17.7. The Hall–Kier alpha value is -3.08. The van der Waals surface area contributed by atoms with Crippen LogP contribution in [-0.2, 0) is 11.2 Å². The molecule has 0 atom stereocenters. The van der Waals surface area contributed by atoms with Gasteiger partial charge in [-0.3, -0.25) is 9.78 Å². The van der Waals surface area contributed by atoms with Gasteiger partial charge in [-0.15, -0.1) is 0 Å². The molecule has 0 radical (unpaired) electrons. The number of hydrogen-bond acceptors (Lipinski definition) is 4. The molecule has 1 aliphatic heterocycles. The Morgan fingerprint density at radius 1 is 1.14 bits per heavy atom. The van der Waals surface area contributed by atoms with Gasteiger partial charge >= 0.3 is 0 Å². The first-order chi connectivity index (χ1) is 13.6. The van der Waals surface area contributed by atoms with Gasteiger partial charge in [-0.25, -0.2) is 0 Å². The Labute approximate surface area is 165 Å². The Bertz CT molecular complexity index is 994. The average molecular weight is 375 g/mol. The number of carbonyl (C=O) groups is 1. The highest BCUT2D eigenvalue weighted by molar-refractivity contribution is 5.82. The van der Waals surface area contributed by atoms with Gasteiger partial charge in [0.25, 0.3) is 0 Å². The van der Waals surface area contributed by atoms with Crippen LogP contribution in [0, 0.1) is 0 Å². The number of hydrogen-bond donors (Lipinski definition) is 1. The minimum Gasteiger partial charge on any atom is -0.497 e. The van der Waals surface area contributed by atoms with Gasteiger partial charge in [0.15, 0.2) is 0 Å². The van der Waals surface area contributed by atoms with Gasteiger partial charge in [0, 0.05) is 24.4 Å². The molecule has 0 unspecified atom stereocenters. The standard InChI is InChI=1S/C23H25N3O2/c1-28-19-7-4-5-16(13-19)14-22(27)26-11-9-17(10-12-26)23-20(24)15-18-6-2-3-8-21(18)25-23/h2-8,13,15,17H,9-12,14,24H2,1H3. The predicted molar refractivity (Wildman–Crippen MR) is 111 cm³/mol. The zero-order valence-electron chi connectivity index (χ0n) is 16.1. The fraction of sp³-hybridized carbons (Fsp3) is 0.304. The van der Waals surface area contributed by atoms with E-state index in [0.29, 0.717) is 12.3 Å². The number of ether oxygens (including phenoxy) is 1. The monoisotopic (exact) mass is 375 g/mol. The molecular weight excluding hydrogens is 350 g/mol. The van der Waals surface area contributed by atoms with Crippen LogP contribution >= 0.6 is 0 Å². The molecule has 1 saturated heterocycles. The number of para-hydroxylation sites is 1. The molecule has 5 nitrogen and oxygen atoms in total. The van der Waals surface area contributed by atoms with Gasteiger partial charge in [0.1, 0.15) is 5.75 Å². The van der Waals surface area contributed by atoms with Crippen LogP contribution in [0.1, 0.15) is 30.0 Å². The van der Waals surface area contributed by atoms with E-state index in [9.17, 15) is 4.79 Å². The lowest BCUT2D eigenvalue weighted by Crippen LogP contribution is -2.39. The fourth-order valence-corrected chi connectivity index (χ4v) is 3.95. The molecule has 2 heterocycles. The molecule has 0 aliphatic carbocycles. The number of benzene rings is 2. The van der Waals surface area contributed by atoms with Crippen molar-refractivity contribution in [2.45, 2.75) is 25.2 Å². The second-order valence-corrected chi connectivity index (χ2v) is 7.34. The van der Waals surface area contributed by atoms with Gasteiger partial charge in [0.05, 0.1) is 30.4 Å². The topological polar surface area (TPSA) is 68.5 Å². The molecule has 1 aromatic heterocycles. The van der Waals surface area contributed by atoms with Crippen molar-refractivity contribution in [2.24, 2.45) is 0 Å². The van der Waals surface area contributed by atoms with Crippen LogP contribution in [0.5, 0.6) is 5.75 Å².